The molecule has 0 amide bonds. The average Bonchev–Trinajstić information content (AvgIpc) is 2.12. The van der Waals surface area contributed by atoms with E-state index in [-0.39, 0.29) is 6.04 Å². The van der Waals surface area contributed by atoms with Crippen molar-refractivity contribution in [2.45, 2.75) is 26.1 Å². The predicted octanol–water partition coefficient (Wildman–Crippen LogP) is 3.62. The molecule has 0 radical (unpaired) electrons. The lowest BCUT2D eigenvalue weighted by Gasteiger charge is -2.29. The normalized spacial score (nSPS) is 11.9. The van der Waals surface area contributed by atoms with Gasteiger partial charge in [0, 0.05) is 16.7 Å². The molecule has 90 valence electrons. The van der Waals surface area contributed by atoms with Crippen LogP contribution in [-0.2, 0) is 0 Å². The number of hydrogen-bond acceptors (Lipinski definition) is 2. The molecule has 0 aliphatic heterocycles. The summed E-state index contributed by atoms with van der Waals surface area (Å²) in [5, 5.41) is 0. The maximum Gasteiger partial charge on any atom is 0.405 e. The van der Waals surface area contributed by atoms with Crippen LogP contribution < -0.4 is 4.90 Å². The maximum atomic E-state index is 12.4. The highest BCUT2D eigenvalue weighted by atomic mass is 79.9. The fourth-order valence-electron chi connectivity index (χ4n) is 1.32. The second kappa shape index (κ2) is 5.03. The van der Waals surface area contributed by atoms with E-state index in [4.69, 9.17) is 0 Å². The summed E-state index contributed by atoms with van der Waals surface area (Å²) in [6.45, 7) is 2.46. The molecule has 0 saturated carbocycles. The van der Waals surface area contributed by atoms with Crippen molar-refractivity contribution in [3.8, 4) is 0 Å². The van der Waals surface area contributed by atoms with E-state index in [2.05, 4.69) is 20.9 Å². The number of rotatable bonds is 3. The molecule has 16 heavy (non-hydrogen) atoms. The molecule has 1 aromatic heterocycles. The van der Waals surface area contributed by atoms with E-state index in [1.165, 1.54) is 17.3 Å². The molecule has 0 spiro atoms. The molecule has 2 nitrogen and oxygen atoms in total. The van der Waals surface area contributed by atoms with Crippen LogP contribution in [0.25, 0.3) is 0 Å². The first-order chi connectivity index (χ1) is 7.29. The van der Waals surface area contributed by atoms with Crippen molar-refractivity contribution in [1.82, 2.24) is 4.98 Å². The van der Waals surface area contributed by atoms with E-state index >= 15 is 0 Å². The van der Waals surface area contributed by atoms with Gasteiger partial charge in [0.1, 0.15) is 6.54 Å². The molecule has 0 bridgehead atoms. The van der Waals surface area contributed by atoms with Crippen LogP contribution in [-0.4, -0.2) is 23.7 Å². The van der Waals surface area contributed by atoms with Crippen LogP contribution in [0.4, 0.5) is 18.9 Å². The van der Waals surface area contributed by atoms with Crippen LogP contribution in [0.5, 0.6) is 0 Å². The van der Waals surface area contributed by atoms with Crippen molar-refractivity contribution in [3.63, 3.8) is 0 Å². The SMILES string of the molecule is CC(C)N(CC(F)(F)F)c1cncc(Br)c1. The largest absolute Gasteiger partial charge is 0.405 e. The number of pyridine rings is 1. The van der Waals surface area contributed by atoms with E-state index < -0.39 is 12.7 Å². The lowest BCUT2D eigenvalue weighted by Crippen LogP contribution is -2.39. The van der Waals surface area contributed by atoms with Crippen LogP contribution in [0, 0.1) is 0 Å². The molecule has 0 aromatic carbocycles. The third kappa shape index (κ3) is 4.00. The quantitative estimate of drug-likeness (QED) is 0.847. The lowest BCUT2D eigenvalue weighted by molar-refractivity contribution is -0.120. The Labute approximate surface area is 101 Å². The van der Waals surface area contributed by atoms with Gasteiger partial charge < -0.3 is 4.90 Å². The van der Waals surface area contributed by atoms with Gasteiger partial charge >= 0.3 is 6.18 Å². The van der Waals surface area contributed by atoms with Crippen LogP contribution in [0.2, 0.25) is 0 Å². The molecule has 0 aliphatic carbocycles. The highest BCUT2D eigenvalue weighted by Gasteiger charge is 2.32. The van der Waals surface area contributed by atoms with Gasteiger partial charge in [0.05, 0.1) is 11.9 Å². The van der Waals surface area contributed by atoms with Gasteiger partial charge in [0.2, 0.25) is 0 Å². The molecule has 0 fully saturated rings. The van der Waals surface area contributed by atoms with E-state index in [1.54, 1.807) is 19.9 Å². The molecule has 6 heteroatoms. The second-order valence-corrected chi connectivity index (χ2v) is 4.61. The van der Waals surface area contributed by atoms with Crippen LogP contribution >= 0.6 is 15.9 Å². The summed E-state index contributed by atoms with van der Waals surface area (Å²) < 4.78 is 37.8. The Morgan fingerprint density at radius 3 is 2.44 bits per heavy atom. The van der Waals surface area contributed by atoms with Gasteiger partial charge in [-0.1, -0.05) is 0 Å². The van der Waals surface area contributed by atoms with Crippen molar-refractivity contribution in [1.29, 1.82) is 0 Å². The second-order valence-electron chi connectivity index (χ2n) is 3.70. The first-order valence-electron chi connectivity index (χ1n) is 4.73. The lowest BCUT2D eigenvalue weighted by atomic mass is 10.2. The fourth-order valence-corrected chi connectivity index (χ4v) is 1.68. The zero-order valence-corrected chi connectivity index (χ0v) is 10.5. The average molecular weight is 297 g/mol. The minimum Gasteiger partial charge on any atom is -0.359 e. The summed E-state index contributed by atoms with van der Waals surface area (Å²) in [5.41, 5.74) is 0.460. The highest BCUT2D eigenvalue weighted by molar-refractivity contribution is 9.10. The molecule has 1 rings (SSSR count). The maximum absolute atomic E-state index is 12.4. The third-order valence-corrected chi connectivity index (χ3v) is 2.43. The number of anilines is 1. The summed E-state index contributed by atoms with van der Waals surface area (Å²) in [6, 6.07) is 1.39. The van der Waals surface area contributed by atoms with Gasteiger partial charge in [0.25, 0.3) is 0 Å². The number of nitrogens with zero attached hydrogens (tertiary/aromatic N) is 2. The highest BCUT2D eigenvalue weighted by Crippen LogP contribution is 2.25. The summed E-state index contributed by atoms with van der Waals surface area (Å²) in [5.74, 6) is 0. The molecule has 0 aliphatic rings. The number of aromatic nitrogens is 1. The van der Waals surface area contributed by atoms with Crippen molar-refractivity contribution < 1.29 is 13.2 Å². The Hall–Kier alpha value is -0.780. The molecular weight excluding hydrogens is 285 g/mol. The zero-order chi connectivity index (χ0) is 12.3. The number of halogens is 4. The number of hydrogen-bond donors (Lipinski definition) is 0. The zero-order valence-electron chi connectivity index (χ0n) is 8.92. The van der Waals surface area contributed by atoms with Crippen molar-refractivity contribution in [2.75, 3.05) is 11.4 Å². The van der Waals surface area contributed by atoms with Gasteiger partial charge in [-0.25, -0.2) is 0 Å². The predicted molar refractivity (Wildman–Crippen MR) is 60.5 cm³/mol. The standard InChI is InChI=1S/C10H12BrF3N2/c1-7(2)16(6-10(12,13)14)9-3-8(11)4-15-5-9/h3-5,7H,6H2,1-2H3. The molecular formula is C10H12BrF3N2. The monoisotopic (exact) mass is 296 g/mol. The Bertz CT molecular complexity index is 352. The van der Waals surface area contributed by atoms with E-state index in [0.29, 0.717) is 10.2 Å². The Morgan fingerprint density at radius 1 is 1.38 bits per heavy atom. The van der Waals surface area contributed by atoms with Gasteiger partial charge in [-0.2, -0.15) is 13.2 Å². The molecule has 0 unspecified atom stereocenters. The third-order valence-electron chi connectivity index (χ3n) is 2.00. The molecule has 1 aromatic rings. The van der Waals surface area contributed by atoms with Crippen LogP contribution in [0.15, 0.2) is 22.9 Å². The van der Waals surface area contributed by atoms with E-state index in [9.17, 15) is 13.2 Å². The summed E-state index contributed by atoms with van der Waals surface area (Å²) >= 11 is 3.19. The van der Waals surface area contributed by atoms with Crippen molar-refractivity contribution >= 4 is 21.6 Å². The van der Waals surface area contributed by atoms with Crippen LogP contribution in [0.3, 0.4) is 0 Å². The van der Waals surface area contributed by atoms with Gasteiger partial charge in [0.15, 0.2) is 0 Å². The summed E-state index contributed by atoms with van der Waals surface area (Å²) in [6.07, 6.45) is -1.25. The smallest absolute Gasteiger partial charge is 0.359 e. The molecule has 0 saturated heterocycles. The summed E-state index contributed by atoms with van der Waals surface area (Å²) in [4.78, 5) is 5.12. The molecule has 1 heterocycles. The van der Waals surface area contributed by atoms with Gasteiger partial charge in [-0.3, -0.25) is 4.98 Å². The molecule has 0 atom stereocenters. The Morgan fingerprint density at radius 2 is 2.00 bits per heavy atom. The number of alkyl halides is 3. The fraction of sp³-hybridized carbons (Fsp3) is 0.500. The van der Waals surface area contributed by atoms with Crippen molar-refractivity contribution in [3.05, 3.63) is 22.9 Å². The summed E-state index contributed by atoms with van der Waals surface area (Å²) in [7, 11) is 0. The van der Waals surface area contributed by atoms with Gasteiger partial charge in [-0.15, -0.1) is 0 Å². The Kier molecular flexibility index (Phi) is 4.18. The van der Waals surface area contributed by atoms with E-state index in [1.807, 2.05) is 0 Å². The van der Waals surface area contributed by atoms with Crippen LogP contribution in [0.1, 0.15) is 13.8 Å². The van der Waals surface area contributed by atoms with Crippen molar-refractivity contribution in [2.24, 2.45) is 0 Å². The van der Waals surface area contributed by atoms with Gasteiger partial charge in [-0.05, 0) is 35.8 Å². The minimum atomic E-state index is -4.22. The first kappa shape index (κ1) is 13.3. The van der Waals surface area contributed by atoms with E-state index in [0.717, 1.165) is 0 Å². The first-order valence-corrected chi connectivity index (χ1v) is 5.53. The topological polar surface area (TPSA) is 16.1 Å². The Balaban J connectivity index is 2.94. The minimum absolute atomic E-state index is 0.238. The molecule has 0 N–H and O–H groups in total.